The Morgan fingerprint density at radius 3 is 1.07 bits per heavy atom. The predicted molar refractivity (Wildman–Crippen MR) is 185 cm³/mol. The Hall–Kier alpha value is -4.36. The van der Waals surface area contributed by atoms with Crippen molar-refractivity contribution < 1.29 is 28.6 Å². The summed E-state index contributed by atoms with van der Waals surface area (Å²) in [6.07, 6.45) is 4.94. The van der Waals surface area contributed by atoms with Crippen LogP contribution in [0.3, 0.4) is 0 Å². The van der Waals surface area contributed by atoms with Gasteiger partial charge in [0.25, 0.3) is 0 Å². The minimum Gasteiger partial charge on any atom is -0.423 e. The lowest BCUT2D eigenvalue weighted by molar-refractivity contribution is -0.131. The SMILES string of the molecule is C/C=C(\C)C(=O)Oc1c(C)cc([S+](c2cc(C)c(OC(=O)C=C(C)C)c(C)c2)c2cc(C)c(OC(=O)/C(C)=C/C)c(C)c2)cc1C. The van der Waals surface area contributed by atoms with Crippen LogP contribution in [0.4, 0.5) is 0 Å². The molecule has 0 aromatic heterocycles. The zero-order valence-electron chi connectivity index (χ0n) is 29.1. The lowest BCUT2D eigenvalue weighted by Gasteiger charge is -2.17. The average Bonchev–Trinajstić information content (AvgIpc) is 2.97. The highest BCUT2D eigenvalue weighted by Crippen LogP contribution is 2.40. The fraction of sp³-hybridized carbons (Fsp3) is 0.308. The van der Waals surface area contributed by atoms with E-state index in [0.717, 1.165) is 53.6 Å². The third kappa shape index (κ3) is 8.46. The zero-order chi connectivity index (χ0) is 34.5. The number of benzene rings is 3. The maximum absolute atomic E-state index is 12.6. The topological polar surface area (TPSA) is 78.9 Å². The van der Waals surface area contributed by atoms with Gasteiger partial charge in [-0.15, -0.1) is 0 Å². The van der Waals surface area contributed by atoms with Crippen molar-refractivity contribution >= 4 is 28.8 Å². The Kier molecular flexibility index (Phi) is 12.0. The van der Waals surface area contributed by atoms with Crippen LogP contribution < -0.4 is 14.2 Å². The second-order valence-electron chi connectivity index (χ2n) is 11.8. The monoisotopic (exact) mass is 641 g/mol. The summed E-state index contributed by atoms with van der Waals surface area (Å²) in [6.45, 7) is 22.4. The van der Waals surface area contributed by atoms with E-state index >= 15 is 0 Å². The van der Waals surface area contributed by atoms with Crippen molar-refractivity contribution in [2.45, 2.75) is 97.8 Å². The molecule has 0 heterocycles. The summed E-state index contributed by atoms with van der Waals surface area (Å²) in [5.74, 6) is 0.455. The number of ether oxygens (including phenoxy) is 3. The molecule has 6 nitrogen and oxygen atoms in total. The highest BCUT2D eigenvalue weighted by Gasteiger charge is 2.33. The van der Waals surface area contributed by atoms with Crippen molar-refractivity contribution in [1.82, 2.24) is 0 Å². The molecule has 0 spiro atoms. The van der Waals surface area contributed by atoms with Crippen LogP contribution in [0.15, 0.2) is 86.0 Å². The molecule has 0 aliphatic rings. The molecule has 0 fully saturated rings. The van der Waals surface area contributed by atoms with Crippen molar-refractivity contribution in [3.8, 4) is 17.2 Å². The summed E-state index contributed by atoms with van der Waals surface area (Å²) >= 11 is 0. The van der Waals surface area contributed by atoms with Gasteiger partial charge in [-0.3, -0.25) is 0 Å². The molecule has 0 atom stereocenters. The highest BCUT2D eigenvalue weighted by molar-refractivity contribution is 7.97. The molecule has 0 saturated heterocycles. The Balaban J connectivity index is 2.24. The van der Waals surface area contributed by atoms with Crippen LogP contribution in [0.2, 0.25) is 0 Å². The molecule has 0 radical (unpaired) electrons. The summed E-state index contributed by atoms with van der Waals surface area (Å²) in [7, 11) is -0.625. The van der Waals surface area contributed by atoms with Gasteiger partial charge < -0.3 is 14.2 Å². The molecule has 3 aromatic rings. The van der Waals surface area contributed by atoms with Crippen LogP contribution in [0.25, 0.3) is 0 Å². The van der Waals surface area contributed by atoms with E-state index in [1.54, 1.807) is 39.8 Å². The molecule has 3 rings (SSSR count). The fourth-order valence-electron chi connectivity index (χ4n) is 4.92. The summed E-state index contributed by atoms with van der Waals surface area (Å²) < 4.78 is 17.4. The Morgan fingerprint density at radius 1 is 0.522 bits per heavy atom. The van der Waals surface area contributed by atoms with Crippen LogP contribution in [0.1, 0.15) is 74.9 Å². The molecule has 0 unspecified atom stereocenters. The molecule has 0 bridgehead atoms. The van der Waals surface area contributed by atoms with Crippen molar-refractivity contribution in [2.75, 3.05) is 0 Å². The first-order valence-electron chi connectivity index (χ1n) is 15.2. The normalized spacial score (nSPS) is 12.3. The Morgan fingerprint density at radius 2 is 0.804 bits per heavy atom. The van der Waals surface area contributed by atoms with Gasteiger partial charge in [0, 0.05) is 53.6 Å². The molecule has 7 heteroatoms. The summed E-state index contributed by atoms with van der Waals surface area (Å²) in [5.41, 5.74) is 6.97. The van der Waals surface area contributed by atoms with E-state index in [1.807, 2.05) is 55.4 Å². The predicted octanol–water partition coefficient (Wildman–Crippen LogP) is 9.25. The number of hydrogen-bond donors (Lipinski definition) is 0. The van der Waals surface area contributed by atoms with Crippen molar-refractivity contribution in [1.29, 1.82) is 0 Å². The van der Waals surface area contributed by atoms with E-state index in [2.05, 4.69) is 36.4 Å². The molecule has 0 N–H and O–H groups in total. The van der Waals surface area contributed by atoms with Gasteiger partial charge in [-0.25, -0.2) is 14.4 Å². The second-order valence-corrected chi connectivity index (χ2v) is 13.9. The lowest BCUT2D eigenvalue weighted by atomic mass is 10.1. The number of hydrogen-bond acceptors (Lipinski definition) is 6. The summed E-state index contributed by atoms with van der Waals surface area (Å²) in [6, 6.07) is 12.4. The van der Waals surface area contributed by atoms with Gasteiger partial charge in [-0.1, -0.05) is 17.7 Å². The zero-order valence-corrected chi connectivity index (χ0v) is 29.9. The Labute approximate surface area is 276 Å². The lowest BCUT2D eigenvalue weighted by Crippen LogP contribution is -2.14. The maximum Gasteiger partial charge on any atom is 0.338 e. The standard InChI is InChI=1S/C39H45O6S/c1-13-23(5)38(41)44-36-27(9)18-32(19-28(36)10)46(31-16-25(7)35(26(8)17-31)43-34(40)15-22(3)4)33-20-29(11)37(30(12)21-33)45-39(42)24(6)14-2/h13-21H,1-12H3/q+1/b23-13+,24-14+. The number of carbonyl (C=O) groups excluding carboxylic acids is 3. The Bertz CT molecular complexity index is 1630. The van der Waals surface area contributed by atoms with Crippen LogP contribution >= 0.6 is 0 Å². The van der Waals surface area contributed by atoms with E-state index in [-0.39, 0.29) is 11.9 Å². The van der Waals surface area contributed by atoms with Gasteiger partial charge in [-0.05, 0) is 116 Å². The molecule has 0 aliphatic heterocycles. The molecule has 0 saturated carbocycles. The van der Waals surface area contributed by atoms with E-state index in [1.165, 1.54) is 6.08 Å². The number of aryl methyl sites for hydroxylation is 6. The van der Waals surface area contributed by atoms with Crippen molar-refractivity contribution in [3.63, 3.8) is 0 Å². The molecule has 3 aromatic carbocycles. The van der Waals surface area contributed by atoms with E-state index in [9.17, 15) is 14.4 Å². The van der Waals surface area contributed by atoms with Crippen LogP contribution in [-0.4, -0.2) is 17.9 Å². The largest absolute Gasteiger partial charge is 0.423 e. The maximum atomic E-state index is 12.6. The minimum absolute atomic E-state index is 0.380. The average molecular weight is 642 g/mol. The van der Waals surface area contributed by atoms with Gasteiger partial charge >= 0.3 is 17.9 Å². The van der Waals surface area contributed by atoms with Gasteiger partial charge in [0.05, 0.1) is 10.9 Å². The molecular formula is C39H45O6S+. The minimum atomic E-state index is -0.625. The number of esters is 3. The van der Waals surface area contributed by atoms with Crippen molar-refractivity contribution in [3.05, 3.63) is 105 Å². The molecule has 0 amide bonds. The third-order valence-electron chi connectivity index (χ3n) is 7.52. The van der Waals surface area contributed by atoms with Crippen molar-refractivity contribution in [2.24, 2.45) is 0 Å². The highest BCUT2D eigenvalue weighted by atomic mass is 32.2. The molecule has 0 aliphatic carbocycles. The quantitative estimate of drug-likeness (QED) is 0.100. The van der Waals surface area contributed by atoms with Gasteiger partial charge in [0.1, 0.15) is 17.2 Å². The number of carbonyl (C=O) groups is 3. The fourth-order valence-corrected chi connectivity index (χ4v) is 7.51. The molecule has 242 valence electrons. The van der Waals surface area contributed by atoms with Gasteiger partial charge in [0.15, 0.2) is 14.7 Å². The smallest absolute Gasteiger partial charge is 0.338 e. The van der Waals surface area contributed by atoms with E-state index in [0.29, 0.717) is 28.4 Å². The summed E-state index contributed by atoms with van der Waals surface area (Å²) in [4.78, 5) is 40.8. The first-order valence-corrected chi connectivity index (χ1v) is 16.4. The van der Waals surface area contributed by atoms with Crippen LogP contribution in [0, 0.1) is 41.5 Å². The van der Waals surface area contributed by atoms with E-state index < -0.39 is 16.9 Å². The van der Waals surface area contributed by atoms with Gasteiger partial charge in [-0.2, -0.15) is 0 Å². The second kappa shape index (κ2) is 15.3. The third-order valence-corrected chi connectivity index (χ3v) is 9.64. The first kappa shape index (κ1) is 36.1. The summed E-state index contributed by atoms with van der Waals surface area (Å²) in [5, 5.41) is 0. The number of allylic oxidation sites excluding steroid dienone is 3. The van der Waals surface area contributed by atoms with Gasteiger partial charge in [0.2, 0.25) is 0 Å². The van der Waals surface area contributed by atoms with E-state index in [4.69, 9.17) is 14.2 Å². The first-order chi connectivity index (χ1) is 21.6. The number of rotatable bonds is 9. The van der Waals surface area contributed by atoms with Crippen LogP contribution in [0.5, 0.6) is 17.2 Å². The van der Waals surface area contributed by atoms with Crippen LogP contribution in [-0.2, 0) is 25.3 Å². The molecule has 46 heavy (non-hydrogen) atoms. The molecular weight excluding hydrogens is 596 g/mol.